The van der Waals surface area contributed by atoms with Gasteiger partial charge in [0.25, 0.3) is 5.91 Å². The summed E-state index contributed by atoms with van der Waals surface area (Å²) in [4.78, 5) is 32.8. The first-order valence-electron chi connectivity index (χ1n) is 6.49. The number of carboxylic acid groups (broad SMARTS) is 2. The van der Waals surface area contributed by atoms with Gasteiger partial charge in [0.2, 0.25) is 0 Å². The molecule has 1 aromatic carbocycles. The molecule has 0 saturated heterocycles. The van der Waals surface area contributed by atoms with E-state index in [2.05, 4.69) is 5.10 Å². The lowest BCUT2D eigenvalue weighted by atomic mass is 10.2. The van der Waals surface area contributed by atoms with Crippen LogP contribution in [0.25, 0.3) is 0 Å². The van der Waals surface area contributed by atoms with Gasteiger partial charge in [-0.15, -0.1) is 0 Å². The Balaban J connectivity index is 2.48. The first kappa shape index (κ1) is 18.0. The zero-order chi connectivity index (χ0) is 17.2. The number of aliphatic carboxylic acids is 2. The molecule has 23 heavy (non-hydrogen) atoms. The number of nitrogens with one attached hydrogen (secondary N) is 1. The third-order valence-corrected chi connectivity index (χ3v) is 2.57. The number of hydrogen-bond acceptors (Lipinski definition) is 6. The first-order chi connectivity index (χ1) is 10.9. The van der Waals surface area contributed by atoms with E-state index in [-0.39, 0.29) is 13.0 Å². The molecule has 0 aliphatic carbocycles. The third kappa shape index (κ3) is 6.93. The summed E-state index contributed by atoms with van der Waals surface area (Å²) in [6, 6.07) is 6.51. The maximum absolute atomic E-state index is 11.5. The molecule has 3 N–H and O–H groups in total. The Labute approximate surface area is 131 Å². The van der Waals surface area contributed by atoms with Gasteiger partial charge in [0.05, 0.1) is 13.5 Å². The number of benzene rings is 1. The van der Waals surface area contributed by atoms with E-state index in [1.54, 1.807) is 24.3 Å². The molecule has 0 aliphatic rings. The Hall–Kier alpha value is -3.10. The summed E-state index contributed by atoms with van der Waals surface area (Å²) in [6.45, 7) is -0.373. The molecule has 1 amide bonds. The van der Waals surface area contributed by atoms with Crippen LogP contribution in [0.3, 0.4) is 0 Å². The molecule has 124 valence electrons. The van der Waals surface area contributed by atoms with E-state index in [0.29, 0.717) is 11.5 Å². The lowest BCUT2D eigenvalue weighted by Gasteiger charge is -2.06. The minimum atomic E-state index is -1.40. The molecule has 0 radical (unpaired) electrons. The zero-order valence-electron chi connectivity index (χ0n) is 12.3. The van der Waals surface area contributed by atoms with Gasteiger partial charge in [-0.25, -0.2) is 10.2 Å². The Morgan fingerprint density at radius 1 is 1.09 bits per heavy atom. The van der Waals surface area contributed by atoms with Crippen molar-refractivity contribution in [1.29, 1.82) is 0 Å². The van der Waals surface area contributed by atoms with Crippen molar-refractivity contribution >= 4 is 23.6 Å². The van der Waals surface area contributed by atoms with Gasteiger partial charge in [-0.3, -0.25) is 9.59 Å². The molecule has 1 rings (SSSR count). The van der Waals surface area contributed by atoms with Crippen molar-refractivity contribution in [1.82, 2.24) is 5.43 Å². The molecule has 1 aromatic rings. The van der Waals surface area contributed by atoms with Crippen LogP contribution in [0.15, 0.2) is 29.4 Å². The summed E-state index contributed by atoms with van der Waals surface area (Å²) in [6.07, 6.45) is -0.701. The number of hydrogen-bond donors (Lipinski definition) is 3. The van der Waals surface area contributed by atoms with E-state index in [1.165, 1.54) is 7.11 Å². The van der Waals surface area contributed by atoms with Gasteiger partial charge in [-0.1, -0.05) is 0 Å². The topological polar surface area (TPSA) is 135 Å². The predicted molar refractivity (Wildman–Crippen MR) is 78.6 cm³/mol. The van der Waals surface area contributed by atoms with E-state index < -0.39 is 30.0 Å². The molecular formula is C14H16N2O7. The Morgan fingerprint density at radius 3 is 2.22 bits per heavy atom. The van der Waals surface area contributed by atoms with Crippen LogP contribution in [0.1, 0.15) is 12.8 Å². The van der Waals surface area contributed by atoms with E-state index in [0.717, 1.165) is 0 Å². The van der Waals surface area contributed by atoms with Crippen molar-refractivity contribution in [2.24, 2.45) is 5.10 Å². The van der Waals surface area contributed by atoms with Crippen LogP contribution in [0, 0.1) is 0 Å². The highest BCUT2D eigenvalue weighted by atomic mass is 16.5. The van der Waals surface area contributed by atoms with Gasteiger partial charge >= 0.3 is 11.9 Å². The number of amides is 1. The van der Waals surface area contributed by atoms with Crippen LogP contribution in [0.2, 0.25) is 0 Å². The summed E-state index contributed by atoms with van der Waals surface area (Å²) in [7, 11) is 1.52. The maximum Gasteiger partial charge on any atom is 0.352 e. The van der Waals surface area contributed by atoms with E-state index in [9.17, 15) is 14.4 Å². The van der Waals surface area contributed by atoms with Crippen molar-refractivity contribution in [2.45, 2.75) is 12.8 Å². The second-order valence-electron chi connectivity index (χ2n) is 4.26. The number of rotatable bonds is 9. The van der Waals surface area contributed by atoms with Crippen LogP contribution in [-0.4, -0.2) is 47.5 Å². The molecule has 0 aromatic heterocycles. The van der Waals surface area contributed by atoms with Crippen molar-refractivity contribution in [3.8, 4) is 11.5 Å². The lowest BCUT2D eigenvalue weighted by Crippen LogP contribution is -2.28. The lowest BCUT2D eigenvalue weighted by molar-refractivity contribution is -0.136. The quantitative estimate of drug-likeness (QED) is 0.444. The summed E-state index contributed by atoms with van der Waals surface area (Å²) >= 11 is 0. The molecule has 0 fully saturated rings. The largest absolute Gasteiger partial charge is 0.497 e. The zero-order valence-corrected chi connectivity index (χ0v) is 12.3. The number of ether oxygens (including phenoxy) is 2. The van der Waals surface area contributed by atoms with Gasteiger partial charge in [0.1, 0.15) is 17.2 Å². The van der Waals surface area contributed by atoms with E-state index >= 15 is 0 Å². The Bertz CT molecular complexity index is 596. The number of carbonyl (C=O) groups is 3. The predicted octanol–water partition coefficient (Wildman–Crippen LogP) is 0.496. The number of carbonyl (C=O) groups excluding carboxylic acids is 1. The normalized spacial score (nSPS) is 10.7. The van der Waals surface area contributed by atoms with Crippen LogP contribution in [0.5, 0.6) is 11.5 Å². The Kier molecular flexibility index (Phi) is 7.05. The summed E-state index contributed by atoms with van der Waals surface area (Å²) in [5.74, 6) is -2.17. The molecule has 0 unspecified atom stereocenters. The molecule has 0 bridgehead atoms. The molecule has 0 spiro atoms. The molecular weight excluding hydrogens is 308 g/mol. The highest BCUT2D eigenvalue weighted by Gasteiger charge is 2.12. The summed E-state index contributed by atoms with van der Waals surface area (Å²) in [5.41, 5.74) is 1.55. The maximum atomic E-state index is 11.5. The average Bonchev–Trinajstić information content (AvgIpc) is 2.52. The van der Waals surface area contributed by atoms with Crippen molar-refractivity contribution < 1.29 is 34.1 Å². The fraction of sp³-hybridized carbons (Fsp3) is 0.286. The number of carboxylic acids is 2. The van der Waals surface area contributed by atoms with Gasteiger partial charge in [0.15, 0.2) is 6.61 Å². The summed E-state index contributed by atoms with van der Waals surface area (Å²) in [5, 5.41) is 20.7. The fourth-order valence-corrected chi connectivity index (χ4v) is 1.42. The second kappa shape index (κ2) is 9.03. The fourth-order valence-electron chi connectivity index (χ4n) is 1.42. The highest BCUT2D eigenvalue weighted by Crippen LogP contribution is 2.16. The SMILES string of the molecule is COc1ccc(OCC(=O)N/N=C(/CCC(=O)O)C(=O)O)cc1. The minimum absolute atomic E-state index is 0.301. The molecule has 0 aliphatic heterocycles. The Morgan fingerprint density at radius 2 is 1.70 bits per heavy atom. The molecule has 0 heterocycles. The van der Waals surface area contributed by atoms with Crippen LogP contribution >= 0.6 is 0 Å². The van der Waals surface area contributed by atoms with Crippen molar-refractivity contribution in [2.75, 3.05) is 13.7 Å². The second-order valence-corrected chi connectivity index (χ2v) is 4.26. The number of methoxy groups -OCH3 is 1. The standard InChI is InChI=1S/C14H16N2O7/c1-22-9-2-4-10(5-3-9)23-8-12(17)16-15-11(14(20)21)6-7-13(18)19/h2-5H,6-8H2,1H3,(H,16,17)(H,18,19)(H,20,21)/b15-11-. The molecule has 9 heteroatoms. The third-order valence-electron chi connectivity index (χ3n) is 2.57. The number of nitrogens with zero attached hydrogens (tertiary/aromatic N) is 1. The minimum Gasteiger partial charge on any atom is -0.497 e. The van der Waals surface area contributed by atoms with E-state index in [4.69, 9.17) is 19.7 Å². The average molecular weight is 324 g/mol. The molecule has 0 saturated carbocycles. The van der Waals surface area contributed by atoms with Gasteiger partial charge in [-0.05, 0) is 24.3 Å². The summed E-state index contributed by atoms with van der Waals surface area (Å²) < 4.78 is 10.2. The first-order valence-corrected chi connectivity index (χ1v) is 6.49. The van der Waals surface area contributed by atoms with Gasteiger partial charge in [-0.2, -0.15) is 5.10 Å². The van der Waals surface area contributed by atoms with Gasteiger partial charge in [0, 0.05) is 6.42 Å². The smallest absolute Gasteiger partial charge is 0.352 e. The number of hydrazone groups is 1. The van der Waals surface area contributed by atoms with Crippen LogP contribution < -0.4 is 14.9 Å². The highest BCUT2D eigenvalue weighted by molar-refractivity contribution is 6.35. The molecule has 0 atom stereocenters. The van der Waals surface area contributed by atoms with Crippen molar-refractivity contribution in [3.05, 3.63) is 24.3 Å². The van der Waals surface area contributed by atoms with Gasteiger partial charge < -0.3 is 19.7 Å². The van der Waals surface area contributed by atoms with Crippen LogP contribution in [-0.2, 0) is 14.4 Å². The molecule has 9 nitrogen and oxygen atoms in total. The van der Waals surface area contributed by atoms with Crippen LogP contribution in [0.4, 0.5) is 0 Å². The van der Waals surface area contributed by atoms with Crippen molar-refractivity contribution in [3.63, 3.8) is 0 Å². The monoisotopic (exact) mass is 324 g/mol. The van der Waals surface area contributed by atoms with E-state index in [1.807, 2.05) is 5.43 Å².